The molecule has 0 spiro atoms. The molecule has 33 heavy (non-hydrogen) atoms. The highest BCUT2D eigenvalue weighted by atomic mass is 35.5. The van der Waals surface area contributed by atoms with Crippen LogP contribution in [0.2, 0.25) is 5.02 Å². The number of rotatable bonds is 5. The molecule has 1 aliphatic rings. The Morgan fingerprint density at radius 1 is 1.18 bits per heavy atom. The lowest BCUT2D eigenvalue weighted by Gasteiger charge is -2.17. The molecule has 0 saturated heterocycles. The Kier molecular flexibility index (Phi) is 5.61. The molecule has 0 aliphatic carbocycles. The van der Waals surface area contributed by atoms with Crippen LogP contribution >= 0.6 is 22.9 Å². The van der Waals surface area contributed by atoms with Crippen LogP contribution in [0.4, 0.5) is 33.6 Å². The van der Waals surface area contributed by atoms with Crippen molar-refractivity contribution in [1.82, 2.24) is 15.0 Å². The lowest BCUT2D eigenvalue weighted by molar-refractivity contribution is 0.159. The summed E-state index contributed by atoms with van der Waals surface area (Å²) in [7, 11) is 1.69. The highest BCUT2D eigenvalue weighted by Gasteiger charge is 2.20. The van der Waals surface area contributed by atoms with Gasteiger partial charge in [0.25, 0.3) is 0 Å². The second kappa shape index (κ2) is 8.72. The molecule has 1 aliphatic heterocycles. The lowest BCUT2D eigenvalue weighted by Crippen LogP contribution is -2.25. The first kappa shape index (κ1) is 21.2. The standard InChI is InChI=1S/C22H19ClN6O3S/c1-12-10-24-20(32-12)18-16(6-8-33-18)27-19-15(23)11-25-21(28-19)26-14-3-4-17-13(9-14)5-7-31-22(30)29(17)2/h3-4,6,8-11H,5,7H2,1-2H3,(H2,25,26,27,28). The molecule has 5 rings (SSSR count). The summed E-state index contributed by atoms with van der Waals surface area (Å²) in [4.78, 5) is 27.4. The van der Waals surface area contributed by atoms with E-state index in [0.29, 0.717) is 35.7 Å². The number of hydrogen-bond acceptors (Lipinski definition) is 9. The fraction of sp³-hybridized carbons (Fsp3) is 0.182. The van der Waals surface area contributed by atoms with Gasteiger partial charge in [0.1, 0.15) is 15.7 Å². The van der Waals surface area contributed by atoms with Crippen molar-refractivity contribution in [2.45, 2.75) is 13.3 Å². The zero-order valence-electron chi connectivity index (χ0n) is 17.8. The molecule has 168 valence electrons. The summed E-state index contributed by atoms with van der Waals surface area (Å²) in [5.74, 6) is 2.09. The van der Waals surface area contributed by atoms with Crippen LogP contribution in [0.25, 0.3) is 10.8 Å². The Hall–Kier alpha value is -3.63. The van der Waals surface area contributed by atoms with Crippen LogP contribution < -0.4 is 15.5 Å². The van der Waals surface area contributed by atoms with Crippen LogP contribution in [0.1, 0.15) is 11.3 Å². The third kappa shape index (κ3) is 4.35. The third-order valence-corrected chi connectivity index (χ3v) is 6.22. The largest absolute Gasteiger partial charge is 0.449 e. The molecule has 0 atom stereocenters. The highest BCUT2D eigenvalue weighted by molar-refractivity contribution is 7.14. The van der Waals surface area contributed by atoms with Crippen molar-refractivity contribution in [2.75, 3.05) is 29.2 Å². The Balaban J connectivity index is 1.39. The van der Waals surface area contributed by atoms with Gasteiger partial charge in [-0.05, 0) is 42.1 Å². The fourth-order valence-corrected chi connectivity index (χ4v) is 4.36. The molecular formula is C22H19ClN6O3S. The lowest BCUT2D eigenvalue weighted by atomic mass is 10.1. The predicted octanol–water partition coefficient (Wildman–Crippen LogP) is 5.77. The molecule has 0 fully saturated rings. The number of ether oxygens (including phenoxy) is 1. The van der Waals surface area contributed by atoms with Crippen molar-refractivity contribution in [3.05, 3.63) is 58.4 Å². The molecule has 0 saturated carbocycles. The van der Waals surface area contributed by atoms with Crippen LogP contribution in [0.5, 0.6) is 0 Å². The zero-order valence-corrected chi connectivity index (χ0v) is 19.3. The van der Waals surface area contributed by atoms with E-state index in [-0.39, 0.29) is 6.09 Å². The second-order valence-corrected chi connectivity index (χ2v) is 8.67. The summed E-state index contributed by atoms with van der Waals surface area (Å²) in [5, 5.41) is 8.77. The van der Waals surface area contributed by atoms with Gasteiger partial charge < -0.3 is 19.8 Å². The normalized spacial score (nSPS) is 13.3. The number of aromatic nitrogens is 3. The molecule has 11 heteroatoms. The van der Waals surface area contributed by atoms with Gasteiger partial charge in [-0.15, -0.1) is 11.3 Å². The number of amides is 1. The molecule has 2 N–H and O–H groups in total. The maximum atomic E-state index is 11.9. The third-order valence-electron chi connectivity index (χ3n) is 5.05. The minimum Gasteiger partial charge on any atom is -0.449 e. The first-order valence-electron chi connectivity index (χ1n) is 10.1. The number of nitrogens with one attached hydrogen (secondary N) is 2. The maximum Gasteiger partial charge on any atom is 0.414 e. The van der Waals surface area contributed by atoms with E-state index in [1.807, 2.05) is 36.6 Å². The Morgan fingerprint density at radius 2 is 2.06 bits per heavy atom. The molecule has 3 aromatic heterocycles. The van der Waals surface area contributed by atoms with Gasteiger partial charge in [0.15, 0.2) is 5.82 Å². The first-order valence-corrected chi connectivity index (χ1v) is 11.3. The van der Waals surface area contributed by atoms with Crippen LogP contribution in [-0.4, -0.2) is 34.7 Å². The Labute approximate surface area is 198 Å². The molecule has 1 amide bonds. The minimum absolute atomic E-state index is 0.332. The summed E-state index contributed by atoms with van der Waals surface area (Å²) >= 11 is 7.86. The first-order chi connectivity index (χ1) is 16.0. The van der Waals surface area contributed by atoms with Gasteiger partial charge in [0.2, 0.25) is 11.8 Å². The number of benzene rings is 1. The summed E-state index contributed by atoms with van der Waals surface area (Å²) in [6, 6.07) is 7.61. The number of hydrogen-bond donors (Lipinski definition) is 2. The smallest absolute Gasteiger partial charge is 0.414 e. The molecule has 0 unspecified atom stereocenters. The fourth-order valence-electron chi connectivity index (χ4n) is 3.44. The monoisotopic (exact) mass is 482 g/mol. The van der Waals surface area contributed by atoms with E-state index in [2.05, 4.69) is 25.6 Å². The quantitative estimate of drug-likeness (QED) is 0.369. The van der Waals surface area contributed by atoms with E-state index in [1.165, 1.54) is 22.4 Å². The summed E-state index contributed by atoms with van der Waals surface area (Å²) in [5.41, 5.74) is 3.38. The van der Waals surface area contributed by atoms with E-state index < -0.39 is 0 Å². The predicted molar refractivity (Wildman–Crippen MR) is 128 cm³/mol. The van der Waals surface area contributed by atoms with Crippen molar-refractivity contribution in [2.24, 2.45) is 0 Å². The van der Waals surface area contributed by atoms with Crippen molar-refractivity contribution >= 4 is 57.9 Å². The number of oxazole rings is 1. The Morgan fingerprint density at radius 3 is 2.88 bits per heavy atom. The van der Waals surface area contributed by atoms with Crippen LogP contribution in [0, 0.1) is 6.92 Å². The topological polar surface area (TPSA) is 105 Å². The minimum atomic E-state index is -0.362. The van der Waals surface area contributed by atoms with Crippen molar-refractivity contribution in [1.29, 1.82) is 0 Å². The maximum absolute atomic E-state index is 11.9. The van der Waals surface area contributed by atoms with Gasteiger partial charge >= 0.3 is 6.09 Å². The Bertz CT molecular complexity index is 1340. The SMILES string of the molecule is Cc1cnc(-c2sccc2Nc2nc(Nc3ccc4c(c3)CCOC(=O)N4C)ncc2Cl)o1. The highest BCUT2D eigenvalue weighted by Crippen LogP contribution is 2.36. The number of aryl methyl sites for hydroxylation is 1. The van der Waals surface area contributed by atoms with Gasteiger partial charge in [-0.2, -0.15) is 4.98 Å². The van der Waals surface area contributed by atoms with Crippen LogP contribution in [0.3, 0.4) is 0 Å². The molecule has 1 aromatic carbocycles. The number of halogens is 1. The van der Waals surface area contributed by atoms with Crippen molar-refractivity contribution in [3.8, 4) is 10.8 Å². The molecule has 0 radical (unpaired) electrons. The van der Waals surface area contributed by atoms with Crippen LogP contribution in [-0.2, 0) is 11.2 Å². The zero-order chi connectivity index (χ0) is 22.9. The van der Waals surface area contributed by atoms with E-state index >= 15 is 0 Å². The van der Waals surface area contributed by atoms with E-state index in [1.54, 1.807) is 13.2 Å². The number of fused-ring (bicyclic) bond motifs is 1. The number of anilines is 5. The van der Waals surface area contributed by atoms with Crippen molar-refractivity contribution < 1.29 is 13.9 Å². The van der Waals surface area contributed by atoms with Gasteiger partial charge in [-0.3, -0.25) is 4.90 Å². The van der Waals surface area contributed by atoms with Gasteiger partial charge in [0, 0.05) is 19.2 Å². The molecule has 4 heterocycles. The van der Waals surface area contributed by atoms with Gasteiger partial charge in [0.05, 0.1) is 30.4 Å². The summed E-state index contributed by atoms with van der Waals surface area (Å²) in [6.07, 6.45) is 3.47. The molecule has 4 aromatic rings. The molecular weight excluding hydrogens is 464 g/mol. The van der Waals surface area contributed by atoms with E-state index in [0.717, 1.165) is 33.3 Å². The molecule has 0 bridgehead atoms. The number of cyclic esters (lactones) is 1. The van der Waals surface area contributed by atoms with Crippen molar-refractivity contribution in [3.63, 3.8) is 0 Å². The number of nitrogens with zero attached hydrogens (tertiary/aromatic N) is 4. The second-order valence-electron chi connectivity index (χ2n) is 7.35. The number of thiophene rings is 1. The van der Waals surface area contributed by atoms with Crippen LogP contribution in [0.15, 0.2) is 46.5 Å². The van der Waals surface area contributed by atoms with E-state index in [4.69, 9.17) is 20.8 Å². The van der Waals surface area contributed by atoms with Gasteiger partial charge in [-0.25, -0.2) is 14.8 Å². The van der Waals surface area contributed by atoms with Gasteiger partial charge in [-0.1, -0.05) is 11.6 Å². The average molecular weight is 483 g/mol. The number of carbonyl (C=O) groups is 1. The summed E-state index contributed by atoms with van der Waals surface area (Å²) < 4.78 is 10.8. The summed E-state index contributed by atoms with van der Waals surface area (Å²) in [6.45, 7) is 2.18. The molecule has 9 nitrogen and oxygen atoms in total. The average Bonchev–Trinajstić information content (AvgIpc) is 3.41. The number of carbonyl (C=O) groups excluding carboxylic acids is 1. The van der Waals surface area contributed by atoms with E-state index in [9.17, 15) is 4.79 Å².